The standard InChI is InChI=1S/C21H29FO5/c1-10(23)21(27)15(25)9-14-13-5-4-11-8-12(24)6-7-19(11,2)16(13)17(26)18(22)20(14,21)3/h8,13-18,25-27H,4-7,9H2,1-3H3/t13-,14-,15+,16+,17+,18-,19-,20+,21+/m0/s1. The van der Waals surface area contributed by atoms with Gasteiger partial charge < -0.3 is 15.3 Å². The van der Waals surface area contributed by atoms with Gasteiger partial charge in [0, 0.05) is 11.8 Å². The molecule has 6 heteroatoms. The van der Waals surface area contributed by atoms with E-state index in [1.54, 1.807) is 6.08 Å². The van der Waals surface area contributed by atoms with Crippen LogP contribution < -0.4 is 0 Å². The second kappa shape index (κ2) is 5.71. The fourth-order valence-corrected chi connectivity index (χ4v) is 7.25. The van der Waals surface area contributed by atoms with Crippen molar-refractivity contribution in [1.29, 1.82) is 0 Å². The van der Waals surface area contributed by atoms with Crippen molar-refractivity contribution in [2.75, 3.05) is 0 Å². The van der Waals surface area contributed by atoms with Crippen LogP contribution in [-0.4, -0.2) is 50.9 Å². The molecule has 150 valence electrons. The molecular weight excluding hydrogens is 351 g/mol. The fourth-order valence-electron chi connectivity index (χ4n) is 7.25. The molecule has 0 aromatic carbocycles. The summed E-state index contributed by atoms with van der Waals surface area (Å²) in [6.45, 7) is 4.69. The van der Waals surface area contributed by atoms with E-state index >= 15 is 4.39 Å². The number of ketones is 2. The van der Waals surface area contributed by atoms with E-state index in [9.17, 15) is 24.9 Å². The number of carbonyl (C=O) groups excluding carboxylic acids is 2. The lowest BCUT2D eigenvalue weighted by molar-refractivity contribution is -0.220. The zero-order valence-corrected chi connectivity index (χ0v) is 16.1. The third kappa shape index (κ3) is 2.10. The maximum atomic E-state index is 15.8. The van der Waals surface area contributed by atoms with E-state index in [0.717, 1.165) is 5.57 Å². The maximum absolute atomic E-state index is 15.8. The number of aliphatic hydroxyl groups is 3. The highest BCUT2D eigenvalue weighted by molar-refractivity contribution is 5.91. The molecule has 9 atom stereocenters. The molecule has 4 aliphatic rings. The first-order valence-corrected chi connectivity index (χ1v) is 9.97. The lowest BCUT2D eigenvalue weighted by Gasteiger charge is -2.61. The van der Waals surface area contributed by atoms with Crippen molar-refractivity contribution in [2.45, 2.75) is 76.9 Å². The molecule has 0 heterocycles. The molecule has 4 aliphatic carbocycles. The number of rotatable bonds is 1. The maximum Gasteiger partial charge on any atom is 0.164 e. The van der Waals surface area contributed by atoms with Crippen molar-refractivity contribution in [3.05, 3.63) is 11.6 Å². The minimum Gasteiger partial charge on any atom is -0.390 e. The van der Waals surface area contributed by atoms with Crippen LogP contribution in [0.4, 0.5) is 4.39 Å². The summed E-state index contributed by atoms with van der Waals surface area (Å²) in [5, 5.41) is 32.7. The highest BCUT2D eigenvalue weighted by Crippen LogP contribution is 2.68. The predicted octanol–water partition coefficient (Wildman–Crippen LogP) is 1.73. The molecule has 0 bridgehead atoms. The Balaban J connectivity index is 1.83. The molecule has 0 radical (unpaired) electrons. The Kier molecular flexibility index (Phi) is 4.06. The number of allylic oxidation sites excluding steroid dienone is 1. The average molecular weight is 380 g/mol. The Morgan fingerprint density at radius 2 is 1.93 bits per heavy atom. The molecule has 0 unspecified atom stereocenters. The second-order valence-electron chi connectivity index (χ2n) is 9.64. The highest BCUT2D eigenvalue weighted by atomic mass is 19.1. The van der Waals surface area contributed by atoms with Gasteiger partial charge in [0.2, 0.25) is 0 Å². The van der Waals surface area contributed by atoms with Gasteiger partial charge in [0.15, 0.2) is 17.2 Å². The van der Waals surface area contributed by atoms with E-state index in [-0.39, 0.29) is 24.0 Å². The van der Waals surface area contributed by atoms with Gasteiger partial charge in [-0.05, 0) is 61.9 Å². The number of hydrogen-bond acceptors (Lipinski definition) is 5. The molecule has 5 nitrogen and oxygen atoms in total. The fraction of sp³-hybridized carbons (Fsp3) is 0.810. The predicted molar refractivity (Wildman–Crippen MR) is 95.4 cm³/mol. The molecule has 0 aromatic rings. The van der Waals surface area contributed by atoms with E-state index in [4.69, 9.17) is 0 Å². The molecule has 0 saturated heterocycles. The topological polar surface area (TPSA) is 94.8 Å². The molecule has 3 N–H and O–H groups in total. The van der Waals surface area contributed by atoms with Gasteiger partial charge in [-0.2, -0.15) is 0 Å². The Morgan fingerprint density at radius 1 is 1.26 bits per heavy atom. The number of Topliss-reactive ketones (excluding diaryl/α,β-unsaturated/α-hetero) is 1. The van der Waals surface area contributed by atoms with E-state index < -0.39 is 46.5 Å². The zero-order valence-electron chi connectivity index (χ0n) is 16.1. The number of hydrogen-bond donors (Lipinski definition) is 3. The molecular formula is C21H29FO5. The van der Waals surface area contributed by atoms with Crippen molar-refractivity contribution in [2.24, 2.45) is 28.6 Å². The SMILES string of the molecule is CC(=O)[C@@]1(O)[C@H](O)C[C@H]2[C@@H]3CCC4=CC(=O)CC[C@]4(C)[C@H]3[C@@H](O)[C@H](F)[C@@]21C. The van der Waals surface area contributed by atoms with E-state index in [0.29, 0.717) is 25.7 Å². The van der Waals surface area contributed by atoms with Crippen molar-refractivity contribution in [3.63, 3.8) is 0 Å². The minimum absolute atomic E-state index is 0.0788. The van der Waals surface area contributed by atoms with Crippen molar-refractivity contribution in [1.82, 2.24) is 0 Å². The van der Waals surface area contributed by atoms with E-state index in [2.05, 4.69) is 0 Å². The van der Waals surface area contributed by atoms with E-state index in [1.807, 2.05) is 6.92 Å². The summed E-state index contributed by atoms with van der Waals surface area (Å²) in [6, 6.07) is 0. The Labute approximate surface area is 158 Å². The van der Waals surface area contributed by atoms with Crippen LogP contribution in [0.15, 0.2) is 11.6 Å². The van der Waals surface area contributed by atoms with Crippen molar-refractivity contribution in [3.8, 4) is 0 Å². The monoisotopic (exact) mass is 380 g/mol. The first-order valence-electron chi connectivity index (χ1n) is 9.97. The lowest BCUT2D eigenvalue weighted by Crippen LogP contribution is -2.68. The van der Waals surface area contributed by atoms with Gasteiger partial charge in [-0.15, -0.1) is 0 Å². The molecule has 0 amide bonds. The summed E-state index contributed by atoms with van der Waals surface area (Å²) in [4.78, 5) is 24.2. The van der Waals surface area contributed by atoms with Gasteiger partial charge >= 0.3 is 0 Å². The molecule has 3 saturated carbocycles. The summed E-state index contributed by atoms with van der Waals surface area (Å²) in [7, 11) is 0. The second-order valence-corrected chi connectivity index (χ2v) is 9.64. The number of fused-ring (bicyclic) bond motifs is 5. The van der Waals surface area contributed by atoms with Crippen LogP contribution in [0, 0.1) is 28.6 Å². The third-order valence-corrected chi connectivity index (χ3v) is 8.75. The van der Waals surface area contributed by atoms with E-state index in [1.165, 1.54) is 13.8 Å². The van der Waals surface area contributed by atoms with Gasteiger partial charge in [-0.1, -0.05) is 19.4 Å². The Bertz CT molecular complexity index is 734. The molecule has 4 rings (SSSR count). The average Bonchev–Trinajstić information content (AvgIpc) is 2.82. The first kappa shape index (κ1) is 19.2. The molecule has 27 heavy (non-hydrogen) atoms. The van der Waals surface area contributed by atoms with Gasteiger partial charge in [-0.25, -0.2) is 4.39 Å². The van der Waals surface area contributed by atoms with Crippen LogP contribution in [0.2, 0.25) is 0 Å². The van der Waals surface area contributed by atoms with Crippen LogP contribution in [-0.2, 0) is 9.59 Å². The summed E-state index contributed by atoms with van der Waals surface area (Å²) >= 11 is 0. The van der Waals surface area contributed by atoms with Crippen molar-refractivity contribution < 1.29 is 29.3 Å². The number of halogens is 1. The van der Waals surface area contributed by atoms with Gasteiger partial charge in [0.1, 0.15) is 6.17 Å². The highest BCUT2D eigenvalue weighted by Gasteiger charge is 2.75. The van der Waals surface area contributed by atoms with Gasteiger partial charge in [-0.3, -0.25) is 9.59 Å². The van der Waals surface area contributed by atoms with Gasteiger partial charge in [0.05, 0.1) is 12.2 Å². The largest absolute Gasteiger partial charge is 0.390 e. The van der Waals surface area contributed by atoms with Crippen molar-refractivity contribution >= 4 is 11.6 Å². The minimum atomic E-state index is -2.19. The Morgan fingerprint density at radius 3 is 2.56 bits per heavy atom. The van der Waals surface area contributed by atoms with Crippen LogP contribution in [0.3, 0.4) is 0 Å². The normalized spacial score (nSPS) is 54.6. The number of aliphatic hydroxyl groups excluding tert-OH is 2. The smallest absolute Gasteiger partial charge is 0.164 e. The number of alkyl halides is 1. The van der Waals surface area contributed by atoms with Crippen LogP contribution in [0.5, 0.6) is 0 Å². The summed E-state index contributed by atoms with van der Waals surface area (Å²) in [6.07, 6.45) is -0.402. The van der Waals surface area contributed by atoms with Crippen LogP contribution in [0.25, 0.3) is 0 Å². The molecule has 0 aromatic heterocycles. The quantitative estimate of drug-likeness (QED) is 0.644. The van der Waals surface area contributed by atoms with Gasteiger partial charge in [0.25, 0.3) is 0 Å². The van der Waals surface area contributed by atoms with Crippen LogP contribution >= 0.6 is 0 Å². The molecule has 3 fully saturated rings. The Hall–Kier alpha value is -1.11. The third-order valence-electron chi connectivity index (χ3n) is 8.75. The van der Waals surface area contributed by atoms with Crippen LogP contribution in [0.1, 0.15) is 52.9 Å². The first-order chi connectivity index (χ1) is 12.5. The summed E-state index contributed by atoms with van der Waals surface area (Å²) in [5.74, 6) is -1.48. The lowest BCUT2D eigenvalue weighted by atomic mass is 9.45. The summed E-state index contributed by atoms with van der Waals surface area (Å²) in [5.41, 5.74) is -3.21. The molecule has 0 aliphatic heterocycles. The summed E-state index contributed by atoms with van der Waals surface area (Å²) < 4.78 is 15.8. The zero-order chi connectivity index (χ0) is 19.9. The number of carbonyl (C=O) groups is 2. The molecule has 0 spiro atoms.